The number of nitro groups is 1. The molecule has 0 bridgehead atoms. The van der Waals surface area contributed by atoms with Gasteiger partial charge in [0.1, 0.15) is 5.69 Å². The van der Waals surface area contributed by atoms with Crippen molar-refractivity contribution in [3.8, 4) is 0 Å². The number of rotatable bonds is 6. The van der Waals surface area contributed by atoms with E-state index in [9.17, 15) is 19.7 Å². The average molecular weight is 396 g/mol. The van der Waals surface area contributed by atoms with Crippen molar-refractivity contribution < 1.29 is 14.5 Å². The lowest BCUT2D eigenvalue weighted by molar-refractivity contribution is -0.384. The Morgan fingerprint density at radius 1 is 1.17 bits per heavy atom. The lowest BCUT2D eigenvalue weighted by atomic mass is 10.1. The van der Waals surface area contributed by atoms with Crippen LogP contribution >= 0.6 is 0 Å². The number of carbonyl (C=O) groups is 2. The number of benzene rings is 2. The van der Waals surface area contributed by atoms with Crippen LogP contribution in [-0.2, 0) is 11.3 Å². The van der Waals surface area contributed by atoms with E-state index in [0.29, 0.717) is 17.9 Å². The topological polar surface area (TPSA) is 95.8 Å². The van der Waals surface area contributed by atoms with Gasteiger partial charge in [-0.1, -0.05) is 12.1 Å². The normalized spacial score (nSPS) is 13.2. The van der Waals surface area contributed by atoms with Crippen LogP contribution in [0, 0.1) is 10.1 Å². The van der Waals surface area contributed by atoms with E-state index < -0.39 is 10.8 Å². The Bertz CT molecular complexity index is 938. The van der Waals surface area contributed by atoms with Crippen molar-refractivity contribution in [1.29, 1.82) is 0 Å². The first-order valence-corrected chi connectivity index (χ1v) is 9.50. The molecule has 152 valence electrons. The van der Waals surface area contributed by atoms with E-state index in [4.69, 9.17) is 0 Å². The summed E-state index contributed by atoms with van der Waals surface area (Å²) in [6.07, 6.45) is 2.02. The minimum Gasteiger partial charge on any atom is -0.366 e. The van der Waals surface area contributed by atoms with E-state index in [1.165, 1.54) is 13.0 Å². The third kappa shape index (κ3) is 4.90. The van der Waals surface area contributed by atoms with Gasteiger partial charge in [-0.05, 0) is 42.7 Å². The lowest BCUT2D eigenvalue weighted by Gasteiger charge is -2.18. The molecule has 0 atom stereocenters. The van der Waals surface area contributed by atoms with Gasteiger partial charge in [-0.3, -0.25) is 19.7 Å². The molecule has 0 saturated carbocycles. The van der Waals surface area contributed by atoms with Crippen molar-refractivity contribution >= 4 is 28.9 Å². The Labute approximate surface area is 169 Å². The van der Waals surface area contributed by atoms with Crippen molar-refractivity contribution in [2.45, 2.75) is 26.3 Å². The van der Waals surface area contributed by atoms with Gasteiger partial charge >= 0.3 is 0 Å². The molecular formula is C21H24N4O4. The summed E-state index contributed by atoms with van der Waals surface area (Å²) in [4.78, 5) is 38.7. The van der Waals surface area contributed by atoms with Crippen LogP contribution in [0.5, 0.6) is 0 Å². The van der Waals surface area contributed by atoms with Gasteiger partial charge in [0.25, 0.3) is 11.6 Å². The van der Waals surface area contributed by atoms with E-state index in [1.807, 2.05) is 11.0 Å². The van der Waals surface area contributed by atoms with Crippen molar-refractivity contribution in [2.75, 3.05) is 30.4 Å². The highest BCUT2D eigenvalue weighted by Crippen LogP contribution is 2.32. The molecule has 1 fully saturated rings. The standard InChI is InChI=1S/C21H24N4O4/c1-15(26)23(2)14-16-6-5-7-18(12-16)22-21(27)17-8-9-19(20(13-17)25(28)29)24-10-3-4-11-24/h5-9,12-13H,3-4,10-11,14H2,1-2H3,(H,22,27). The maximum Gasteiger partial charge on any atom is 0.293 e. The minimum absolute atomic E-state index is 0.0511. The summed E-state index contributed by atoms with van der Waals surface area (Å²) in [5, 5.41) is 14.3. The van der Waals surface area contributed by atoms with Crippen LogP contribution in [0.15, 0.2) is 42.5 Å². The Morgan fingerprint density at radius 2 is 1.90 bits per heavy atom. The van der Waals surface area contributed by atoms with Crippen LogP contribution in [0.1, 0.15) is 35.7 Å². The molecule has 1 aliphatic heterocycles. The van der Waals surface area contributed by atoms with E-state index in [1.54, 1.807) is 42.3 Å². The van der Waals surface area contributed by atoms with Gasteiger partial charge in [0.2, 0.25) is 5.91 Å². The molecule has 1 saturated heterocycles. The smallest absolute Gasteiger partial charge is 0.293 e. The zero-order valence-corrected chi connectivity index (χ0v) is 16.6. The number of carbonyl (C=O) groups excluding carboxylic acids is 2. The van der Waals surface area contributed by atoms with Gasteiger partial charge in [0.05, 0.1) is 4.92 Å². The molecule has 29 heavy (non-hydrogen) atoms. The fourth-order valence-corrected chi connectivity index (χ4v) is 3.37. The molecule has 0 aliphatic carbocycles. The Balaban J connectivity index is 1.78. The summed E-state index contributed by atoms with van der Waals surface area (Å²) >= 11 is 0. The number of amides is 2. The lowest BCUT2D eigenvalue weighted by Crippen LogP contribution is -2.23. The fourth-order valence-electron chi connectivity index (χ4n) is 3.37. The summed E-state index contributed by atoms with van der Waals surface area (Å²) in [5.41, 5.74) is 2.16. The molecule has 0 spiro atoms. The summed E-state index contributed by atoms with van der Waals surface area (Å²) in [7, 11) is 1.70. The first-order chi connectivity index (χ1) is 13.8. The monoisotopic (exact) mass is 396 g/mol. The first kappa shape index (κ1) is 20.3. The third-order valence-corrected chi connectivity index (χ3v) is 5.02. The molecular weight excluding hydrogens is 372 g/mol. The summed E-state index contributed by atoms with van der Waals surface area (Å²) in [6.45, 7) is 3.49. The molecule has 8 heteroatoms. The third-order valence-electron chi connectivity index (χ3n) is 5.02. The minimum atomic E-state index is -0.442. The highest BCUT2D eigenvalue weighted by molar-refractivity contribution is 6.05. The maximum absolute atomic E-state index is 12.7. The van der Waals surface area contributed by atoms with Gasteiger partial charge in [-0.2, -0.15) is 0 Å². The van der Waals surface area contributed by atoms with Crippen LogP contribution in [0.25, 0.3) is 0 Å². The van der Waals surface area contributed by atoms with E-state index in [2.05, 4.69) is 5.32 Å². The van der Waals surface area contributed by atoms with Crippen molar-refractivity contribution in [3.05, 3.63) is 63.7 Å². The molecule has 0 radical (unpaired) electrons. The second kappa shape index (κ2) is 8.72. The Hall–Kier alpha value is -3.42. The van der Waals surface area contributed by atoms with Gasteiger partial charge in [0, 0.05) is 50.9 Å². The van der Waals surface area contributed by atoms with E-state index >= 15 is 0 Å². The van der Waals surface area contributed by atoms with E-state index in [0.717, 1.165) is 31.5 Å². The van der Waals surface area contributed by atoms with E-state index in [-0.39, 0.29) is 17.2 Å². The van der Waals surface area contributed by atoms with Crippen LogP contribution in [0.3, 0.4) is 0 Å². The molecule has 1 aliphatic rings. The molecule has 8 nitrogen and oxygen atoms in total. The van der Waals surface area contributed by atoms with Crippen LogP contribution in [0.2, 0.25) is 0 Å². The second-order valence-corrected chi connectivity index (χ2v) is 7.18. The average Bonchev–Trinajstić information content (AvgIpc) is 3.22. The van der Waals surface area contributed by atoms with Gasteiger partial charge in [0.15, 0.2) is 0 Å². The number of nitrogens with one attached hydrogen (secondary N) is 1. The molecule has 0 unspecified atom stereocenters. The highest BCUT2D eigenvalue weighted by atomic mass is 16.6. The maximum atomic E-state index is 12.7. The molecule has 1 heterocycles. The molecule has 3 rings (SSSR count). The summed E-state index contributed by atoms with van der Waals surface area (Å²) < 4.78 is 0. The number of nitro benzene ring substituents is 1. The molecule has 2 aromatic rings. The van der Waals surface area contributed by atoms with Crippen LogP contribution in [0.4, 0.5) is 17.1 Å². The van der Waals surface area contributed by atoms with Crippen molar-refractivity contribution in [2.24, 2.45) is 0 Å². The molecule has 0 aromatic heterocycles. The van der Waals surface area contributed by atoms with Gasteiger partial charge < -0.3 is 15.1 Å². The largest absolute Gasteiger partial charge is 0.366 e. The zero-order chi connectivity index (χ0) is 21.0. The SMILES string of the molecule is CC(=O)N(C)Cc1cccc(NC(=O)c2ccc(N3CCCC3)c([N+](=O)[O-])c2)c1. The Kier molecular flexibility index (Phi) is 6.11. The Morgan fingerprint density at radius 3 is 2.55 bits per heavy atom. The summed E-state index contributed by atoms with van der Waals surface area (Å²) in [5.74, 6) is -0.469. The predicted octanol–water partition coefficient (Wildman–Crippen LogP) is 3.43. The molecule has 2 aromatic carbocycles. The molecule has 2 amide bonds. The first-order valence-electron chi connectivity index (χ1n) is 9.50. The van der Waals surface area contributed by atoms with Crippen LogP contribution in [-0.4, -0.2) is 41.8 Å². The van der Waals surface area contributed by atoms with Crippen molar-refractivity contribution in [1.82, 2.24) is 4.90 Å². The highest BCUT2D eigenvalue weighted by Gasteiger charge is 2.24. The van der Waals surface area contributed by atoms with Gasteiger partial charge in [-0.15, -0.1) is 0 Å². The number of hydrogen-bond acceptors (Lipinski definition) is 5. The quantitative estimate of drug-likeness (QED) is 0.596. The predicted molar refractivity (Wildman–Crippen MR) is 111 cm³/mol. The second-order valence-electron chi connectivity index (χ2n) is 7.18. The van der Waals surface area contributed by atoms with Gasteiger partial charge in [-0.25, -0.2) is 0 Å². The number of anilines is 2. The molecule has 1 N–H and O–H groups in total. The zero-order valence-electron chi connectivity index (χ0n) is 16.6. The fraction of sp³-hybridized carbons (Fsp3) is 0.333. The number of nitrogens with zero attached hydrogens (tertiary/aromatic N) is 3. The van der Waals surface area contributed by atoms with Crippen LogP contribution < -0.4 is 10.2 Å². The summed E-state index contributed by atoms with van der Waals surface area (Å²) in [6, 6.07) is 11.8. The van der Waals surface area contributed by atoms with Crippen molar-refractivity contribution in [3.63, 3.8) is 0 Å². The number of hydrogen-bond donors (Lipinski definition) is 1.